The van der Waals surface area contributed by atoms with Gasteiger partial charge in [-0.05, 0) is 25.5 Å². The van der Waals surface area contributed by atoms with E-state index < -0.39 is 0 Å². The van der Waals surface area contributed by atoms with Gasteiger partial charge in [-0.2, -0.15) is 0 Å². The van der Waals surface area contributed by atoms with Gasteiger partial charge in [0.25, 0.3) is 0 Å². The van der Waals surface area contributed by atoms with E-state index in [9.17, 15) is 0 Å². The second kappa shape index (κ2) is 7.72. The Morgan fingerprint density at radius 3 is 2.67 bits per heavy atom. The van der Waals surface area contributed by atoms with Crippen LogP contribution in [0.1, 0.15) is 12.5 Å². The van der Waals surface area contributed by atoms with Crippen LogP contribution in [-0.2, 0) is 0 Å². The molecule has 2 rings (SSSR count). The van der Waals surface area contributed by atoms with Gasteiger partial charge in [0.2, 0.25) is 0 Å². The summed E-state index contributed by atoms with van der Waals surface area (Å²) in [7, 11) is 1.73. The van der Waals surface area contributed by atoms with Crippen molar-refractivity contribution >= 4 is 30.5 Å². The van der Waals surface area contributed by atoms with Crippen LogP contribution in [-0.4, -0.2) is 32.8 Å². The van der Waals surface area contributed by atoms with Gasteiger partial charge in [-0.15, -0.1) is 24.8 Å². The van der Waals surface area contributed by atoms with Gasteiger partial charge in [0.05, 0.1) is 7.11 Å². The number of halogens is 2. The Labute approximate surface area is 122 Å². The van der Waals surface area contributed by atoms with Crippen LogP contribution < -0.4 is 15.0 Å². The van der Waals surface area contributed by atoms with Gasteiger partial charge in [-0.25, -0.2) is 0 Å². The van der Waals surface area contributed by atoms with Crippen LogP contribution in [0.3, 0.4) is 0 Å². The summed E-state index contributed by atoms with van der Waals surface area (Å²) in [5.74, 6) is 0.975. The fourth-order valence-electron chi connectivity index (χ4n) is 2.21. The molecule has 5 heteroatoms. The van der Waals surface area contributed by atoms with Crippen LogP contribution >= 0.6 is 24.8 Å². The Bertz CT molecular complexity index is 374. The topological polar surface area (TPSA) is 24.5 Å². The normalized spacial score (nSPS) is 18.6. The number of piperazine rings is 1. The summed E-state index contributed by atoms with van der Waals surface area (Å²) in [4.78, 5) is 2.43. The molecule has 1 aromatic rings. The second-order valence-corrected chi connectivity index (χ2v) is 4.40. The first-order valence-electron chi connectivity index (χ1n) is 5.84. The van der Waals surface area contributed by atoms with E-state index in [2.05, 4.69) is 42.3 Å². The third-order valence-corrected chi connectivity index (χ3v) is 3.22. The summed E-state index contributed by atoms with van der Waals surface area (Å²) in [5, 5.41) is 3.40. The molecular formula is C13H22Cl2N2O. The Kier molecular flexibility index (Phi) is 7.45. The Hall–Kier alpha value is -0.640. The molecule has 1 heterocycles. The zero-order valence-corrected chi connectivity index (χ0v) is 12.7. The third-order valence-electron chi connectivity index (χ3n) is 3.22. The van der Waals surface area contributed by atoms with Gasteiger partial charge in [-0.1, -0.05) is 6.07 Å². The molecule has 1 saturated heterocycles. The molecule has 1 aromatic carbocycles. The Morgan fingerprint density at radius 1 is 1.33 bits per heavy atom. The van der Waals surface area contributed by atoms with Gasteiger partial charge < -0.3 is 15.0 Å². The molecule has 0 bridgehead atoms. The van der Waals surface area contributed by atoms with Gasteiger partial charge in [0.1, 0.15) is 5.75 Å². The van der Waals surface area contributed by atoms with Crippen LogP contribution in [0.2, 0.25) is 0 Å². The predicted molar refractivity (Wildman–Crippen MR) is 81.9 cm³/mol. The highest BCUT2D eigenvalue weighted by atomic mass is 35.5. The predicted octanol–water partition coefficient (Wildman–Crippen LogP) is 2.65. The van der Waals surface area contributed by atoms with Crippen molar-refractivity contribution in [2.45, 2.75) is 19.9 Å². The minimum absolute atomic E-state index is 0. The lowest BCUT2D eigenvalue weighted by molar-refractivity contribution is 0.411. The average molecular weight is 293 g/mol. The number of rotatable bonds is 2. The first kappa shape index (κ1) is 17.4. The third kappa shape index (κ3) is 3.67. The van der Waals surface area contributed by atoms with Crippen molar-refractivity contribution in [2.24, 2.45) is 0 Å². The van der Waals surface area contributed by atoms with Crippen LogP contribution in [0.5, 0.6) is 5.75 Å². The van der Waals surface area contributed by atoms with Crippen molar-refractivity contribution in [1.82, 2.24) is 5.32 Å². The Balaban J connectivity index is 0.00000144. The maximum atomic E-state index is 5.37. The molecule has 0 spiro atoms. The second-order valence-electron chi connectivity index (χ2n) is 4.40. The molecule has 0 saturated carbocycles. The number of hydrogen-bond donors (Lipinski definition) is 1. The van der Waals surface area contributed by atoms with E-state index >= 15 is 0 Å². The lowest BCUT2D eigenvalue weighted by Crippen LogP contribution is -2.49. The van der Waals surface area contributed by atoms with Crippen LogP contribution in [0.15, 0.2) is 18.2 Å². The summed E-state index contributed by atoms with van der Waals surface area (Å²) >= 11 is 0. The van der Waals surface area contributed by atoms with E-state index in [0.717, 1.165) is 25.4 Å². The molecule has 0 amide bonds. The minimum atomic E-state index is 0. The zero-order chi connectivity index (χ0) is 11.5. The molecule has 0 aromatic heterocycles. The molecule has 0 aliphatic carbocycles. The molecule has 104 valence electrons. The quantitative estimate of drug-likeness (QED) is 0.907. The molecule has 1 fully saturated rings. The van der Waals surface area contributed by atoms with Gasteiger partial charge in [0, 0.05) is 37.4 Å². The molecule has 1 aliphatic heterocycles. The van der Waals surface area contributed by atoms with Gasteiger partial charge in [-0.3, -0.25) is 0 Å². The molecule has 1 aliphatic rings. The minimum Gasteiger partial charge on any atom is -0.496 e. The summed E-state index contributed by atoms with van der Waals surface area (Å²) in [5.41, 5.74) is 2.45. The zero-order valence-electron chi connectivity index (χ0n) is 11.1. The number of hydrogen-bond acceptors (Lipinski definition) is 3. The molecular weight excluding hydrogens is 271 g/mol. The number of anilines is 1. The monoisotopic (exact) mass is 292 g/mol. The van der Waals surface area contributed by atoms with E-state index in [1.807, 2.05) is 0 Å². The van der Waals surface area contributed by atoms with Gasteiger partial charge in [0.15, 0.2) is 0 Å². The smallest absolute Gasteiger partial charge is 0.123 e. The largest absolute Gasteiger partial charge is 0.496 e. The summed E-state index contributed by atoms with van der Waals surface area (Å²) in [6.45, 7) is 7.49. The molecule has 1 atom stereocenters. The van der Waals surface area contributed by atoms with Crippen LogP contribution in [0.4, 0.5) is 5.69 Å². The molecule has 18 heavy (non-hydrogen) atoms. The number of nitrogens with one attached hydrogen (secondary N) is 1. The molecule has 3 nitrogen and oxygen atoms in total. The highest BCUT2D eigenvalue weighted by molar-refractivity contribution is 5.85. The number of aryl methyl sites for hydroxylation is 1. The van der Waals surface area contributed by atoms with E-state index in [0.29, 0.717) is 6.04 Å². The van der Waals surface area contributed by atoms with Crippen molar-refractivity contribution < 1.29 is 4.74 Å². The maximum Gasteiger partial charge on any atom is 0.123 e. The van der Waals surface area contributed by atoms with Crippen molar-refractivity contribution in [3.05, 3.63) is 23.8 Å². The van der Waals surface area contributed by atoms with Crippen LogP contribution in [0.25, 0.3) is 0 Å². The highest BCUT2D eigenvalue weighted by Gasteiger charge is 2.18. The number of benzene rings is 1. The van der Waals surface area contributed by atoms with Crippen molar-refractivity contribution in [3.8, 4) is 5.75 Å². The lowest BCUT2D eigenvalue weighted by atomic mass is 10.1. The molecule has 0 radical (unpaired) electrons. The summed E-state index contributed by atoms with van der Waals surface area (Å²) in [6.07, 6.45) is 0. The fraction of sp³-hybridized carbons (Fsp3) is 0.538. The first-order valence-corrected chi connectivity index (χ1v) is 5.84. The number of nitrogens with zero attached hydrogens (tertiary/aromatic N) is 1. The molecule has 0 unspecified atom stereocenters. The van der Waals surface area contributed by atoms with Gasteiger partial charge >= 0.3 is 0 Å². The number of ether oxygens (including phenoxy) is 1. The summed E-state index contributed by atoms with van der Waals surface area (Å²) < 4.78 is 5.37. The summed E-state index contributed by atoms with van der Waals surface area (Å²) in [6, 6.07) is 6.99. The van der Waals surface area contributed by atoms with E-state index in [4.69, 9.17) is 4.74 Å². The van der Waals surface area contributed by atoms with Crippen molar-refractivity contribution in [3.63, 3.8) is 0 Å². The fourth-order valence-corrected chi connectivity index (χ4v) is 2.21. The SMILES string of the molecule is COc1cc(N2CCNC[C@H]2C)ccc1C.Cl.Cl. The Morgan fingerprint density at radius 2 is 2.06 bits per heavy atom. The highest BCUT2D eigenvalue weighted by Crippen LogP contribution is 2.26. The van der Waals surface area contributed by atoms with E-state index in [-0.39, 0.29) is 24.8 Å². The first-order chi connectivity index (χ1) is 7.72. The number of methoxy groups -OCH3 is 1. The molecule has 1 N–H and O–H groups in total. The van der Waals surface area contributed by atoms with E-state index in [1.54, 1.807) is 7.11 Å². The maximum absolute atomic E-state index is 5.37. The van der Waals surface area contributed by atoms with E-state index in [1.165, 1.54) is 11.3 Å². The lowest BCUT2D eigenvalue weighted by Gasteiger charge is -2.36. The average Bonchev–Trinajstić information content (AvgIpc) is 2.31. The van der Waals surface area contributed by atoms with Crippen molar-refractivity contribution in [2.75, 3.05) is 31.6 Å². The standard InChI is InChI=1S/C13H20N2O.2ClH/c1-10-4-5-12(8-13(10)16-3)15-7-6-14-9-11(15)2;;/h4-5,8,11,14H,6-7,9H2,1-3H3;2*1H/t11-;;/m1../s1. The van der Waals surface area contributed by atoms with Crippen molar-refractivity contribution in [1.29, 1.82) is 0 Å². The van der Waals surface area contributed by atoms with Crippen LogP contribution in [0, 0.1) is 6.92 Å².